The number of rotatable bonds is 1. The van der Waals surface area contributed by atoms with Crippen molar-refractivity contribution in [1.29, 1.82) is 0 Å². The molecular formula is C11H14O2. The Balaban J connectivity index is 2.39. The summed E-state index contributed by atoms with van der Waals surface area (Å²) >= 11 is 0. The number of aliphatic hydroxyl groups is 1. The van der Waals surface area contributed by atoms with Crippen molar-refractivity contribution in [1.82, 2.24) is 0 Å². The molecule has 0 saturated carbocycles. The molecule has 1 aromatic carbocycles. The second-order valence-corrected chi connectivity index (χ2v) is 3.90. The molecule has 2 rings (SSSR count). The molecule has 1 aromatic rings. The van der Waals surface area contributed by atoms with Gasteiger partial charge in [0.1, 0.15) is 5.60 Å². The van der Waals surface area contributed by atoms with Crippen molar-refractivity contribution in [3.63, 3.8) is 0 Å². The predicted octanol–water partition coefficient (Wildman–Crippen LogP) is 1.52. The highest BCUT2D eigenvalue weighted by molar-refractivity contribution is 5.33. The number of aryl methyl sites for hydroxylation is 2. The molecule has 1 aliphatic rings. The third kappa shape index (κ3) is 1.47. The first kappa shape index (κ1) is 8.73. The maximum atomic E-state index is 10.0. The highest BCUT2D eigenvalue weighted by atomic mass is 16.5. The molecule has 70 valence electrons. The quantitative estimate of drug-likeness (QED) is 0.706. The Labute approximate surface area is 78.2 Å². The molecule has 1 N–H and O–H groups in total. The fourth-order valence-electron chi connectivity index (χ4n) is 1.71. The molecule has 1 heterocycles. The van der Waals surface area contributed by atoms with Gasteiger partial charge in [0.15, 0.2) is 0 Å². The number of ether oxygens (including phenoxy) is 1. The van der Waals surface area contributed by atoms with Crippen LogP contribution < -0.4 is 0 Å². The van der Waals surface area contributed by atoms with Gasteiger partial charge >= 0.3 is 0 Å². The summed E-state index contributed by atoms with van der Waals surface area (Å²) in [6.45, 7) is 4.94. The number of hydrogen-bond acceptors (Lipinski definition) is 2. The van der Waals surface area contributed by atoms with Gasteiger partial charge in [-0.05, 0) is 19.4 Å². The average Bonchev–Trinajstić information content (AvgIpc) is 1.98. The predicted molar refractivity (Wildman–Crippen MR) is 50.6 cm³/mol. The smallest absolute Gasteiger partial charge is 0.136 e. The van der Waals surface area contributed by atoms with E-state index in [1.165, 1.54) is 11.1 Å². The fraction of sp³-hybridized carbons (Fsp3) is 0.455. The Morgan fingerprint density at radius 2 is 1.69 bits per heavy atom. The van der Waals surface area contributed by atoms with Crippen molar-refractivity contribution in [2.24, 2.45) is 0 Å². The van der Waals surface area contributed by atoms with Crippen LogP contribution >= 0.6 is 0 Å². The molecule has 0 bridgehead atoms. The summed E-state index contributed by atoms with van der Waals surface area (Å²) in [5.74, 6) is 0. The molecule has 1 saturated heterocycles. The van der Waals surface area contributed by atoms with Crippen LogP contribution in [-0.2, 0) is 10.3 Å². The van der Waals surface area contributed by atoms with Crippen molar-refractivity contribution < 1.29 is 9.84 Å². The highest BCUT2D eigenvalue weighted by Gasteiger charge is 2.37. The normalized spacial score (nSPS) is 19.6. The monoisotopic (exact) mass is 178 g/mol. The minimum absolute atomic E-state index is 0.426. The van der Waals surface area contributed by atoms with Crippen LogP contribution in [0.15, 0.2) is 18.2 Å². The van der Waals surface area contributed by atoms with Gasteiger partial charge in [-0.3, -0.25) is 0 Å². The second kappa shape index (κ2) is 2.82. The molecular weight excluding hydrogens is 164 g/mol. The molecule has 2 nitrogen and oxygen atoms in total. The van der Waals surface area contributed by atoms with E-state index in [4.69, 9.17) is 4.74 Å². The molecule has 0 amide bonds. The van der Waals surface area contributed by atoms with Gasteiger partial charge in [0.25, 0.3) is 0 Å². The van der Waals surface area contributed by atoms with Gasteiger partial charge < -0.3 is 9.84 Å². The minimum atomic E-state index is -0.725. The van der Waals surface area contributed by atoms with Gasteiger partial charge in [-0.15, -0.1) is 0 Å². The van der Waals surface area contributed by atoms with Crippen molar-refractivity contribution in [3.05, 3.63) is 34.9 Å². The van der Waals surface area contributed by atoms with Crippen LogP contribution in [-0.4, -0.2) is 18.3 Å². The summed E-state index contributed by atoms with van der Waals surface area (Å²) in [7, 11) is 0. The van der Waals surface area contributed by atoms with Crippen molar-refractivity contribution in [3.8, 4) is 0 Å². The summed E-state index contributed by atoms with van der Waals surface area (Å²) in [6.07, 6.45) is 0. The number of benzene rings is 1. The lowest BCUT2D eigenvalue weighted by Gasteiger charge is -2.37. The fourth-order valence-corrected chi connectivity index (χ4v) is 1.71. The molecule has 2 heteroatoms. The maximum absolute atomic E-state index is 10.0. The van der Waals surface area contributed by atoms with Crippen LogP contribution in [0, 0.1) is 13.8 Å². The first-order valence-electron chi connectivity index (χ1n) is 4.49. The molecule has 0 radical (unpaired) electrons. The Morgan fingerprint density at radius 3 is 2.08 bits per heavy atom. The summed E-state index contributed by atoms with van der Waals surface area (Å²) < 4.78 is 5.02. The lowest BCUT2D eigenvalue weighted by molar-refractivity contribution is -0.184. The van der Waals surface area contributed by atoms with E-state index in [0.717, 1.165) is 5.56 Å². The van der Waals surface area contributed by atoms with Gasteiger partial charge in [-0.2, -0.15) is 0 Å². The Morgan fingerprint density at radius 1 is 1.15 bits per heavy atom. The first-order valence-corrected chi connectivity index (χ1v) is 4.49. The summed E-state index contributed by atoms with van der Waals surface area (Å²) in [6, 6.07) is 6.15. The van der Waals surface area contributed by atoms with Crippen molar-refractivity contribution in [2.75, 3.05) is 13.2 Å². The van der Waals surface area contributed by atoms with E-state index in [9.17, 15) is 5.11 Å². The van der Waals surface area contributed by atoms with Gasteiger partial charge in [0, 0.05) is 0 Å². The van der Waals surface area contributed by atoms with Gasteiger partial charge in [0.05, 0.1) is 13.2 Å². The highest BCUT2D eigenvalue weighted by Crippen LogP contribution is 2.30. The van der Waals surface area contributed by atoms with Crippen molar-refractivity contribution in [2.45, 2.75) is 19.4 Å². The molecule has 0 aliphatic carbocycles. The summed E-state index contributed by atoms with van der Waals surface area (Å²) in [5, 5.41) is 10.0. The zero-order chi connectivity index (χ0) is 9.47. The van der Waals surface area contributed by atoms with Gasteiger partial charge in [-0.25, -0.2) is 0 Å². The third-order valence-electron chi connectivity index (χ3n) is 2.44. The lowest BCUT2D eigenvalue weighted by Crippen LogP contribution is -2.46. The van der Waals surface area contributed by atoms with Crippen LogP contribution in [0.25, 0.3) is 0 Å². The van der Waals surface area contributed by atoms with Crippen LogP contribution in [0.1, 0.15) is 16.7 Å². The van der Waals surface area contributed by atoms with E-state index in [2.05, 4.69) is 6.07 Å². The zero-order valence-corrected chi connectivity index (χ0v) is 8.00. The van der Waals surface area contributed by atoms with E-state index in [-0.39, 0.29) is 0 Å². The summed E-state index contributed by atoms with van der Waals surface area (Å²) in [5.41, 5.74) is 2.64. The Hall–Kier alpha value is -0.860. The van der Waals surface area contributed by atoms with E-state index < -0.39 is 5.60 Å². The molecule has 0 atom stereocenters. The second-order valence-electron chi connectivity index (χ2n) is 3.90. The van der Waals surface area contributed by atoms with E-state index in [1.807, 2.05) is 26.0 Å². The van der Waals surface area contributed by atoms with Crippen LogP contribution in [0.3, 0.4) is 0 Å². The standard InChI is InChI=1S/C11H14O2/c1-8-3-9(2)5-10(4-8)11(12)6-13-7-11/h3-5,12H,6-7H2,1-2H3. The first-order chi connectivity index (χ1) is 6.10. The van der Waals surface area contributed by atoms with E-state index in [0.29, 0.717) is 13.2 Å². The van der Waals surface area contributed by atoms with Crippen LogP contribution in [0.5, 0.6) is 0 Å². The zero-order valence-electron chi connectivity index (χ0n) is 8.00. The van der Waals surface area contributed by atoms with Gasteiger partial charge in [0.2, 0.25) is 0 Å². The molecule has 13 heavy (non-hydrogen) atoms. The molecule has 1 fully saturated rings. The molecule has 1 aliphatic heterocycles. The van der Waals surface area contributed by atoms with Crippen LogP contribution in [0.2, 0.25) is 0 Å². The Kier molecular flexibility index (Phi) is 1.90. The number of hydrogen-bond donors (Lipinski definition) is 1. The minimum Gasteiger partial charge on any atom is -0.380 e. The SMILES string of the molecule is Cc1cc(C)cc(C2(O)COC2)c1. The van der Waals surface area contributed by atoms with Crippen LogP contribution in [0.4, 0.5) is 0 Å². The van der Waals surface area contributed by atoms with E-state index >= 15 is 0 Å². The van der Waals surface area contributed by atoms with Crippen molar-refractivity contribution >= 4 is 0 Å². The molecule has 0 aromatic heterocycles. The summed E-state index contributed by atoms with van der Waals surface area (Å²) in [4.78, 5) is 0. The molecule has 0 spiro atoms. The van der Waals surface area contributed by atoms with Gasteiger partial charge in [-0.1, -0.05) is 29.3 Å². The average molecular weight is 178 g/mol. The topological polar surface area (TPSA) is 29.5 Å². The largest absolute Gasteiger partial charge is 0.380 e. The molecule has 0 unspecified atom stereocenters. The maximum Gasteiger partial charge on any atom is 0.136 e. The Bertz CT molecular complexity index is 307. The third-order valence-corrected chi connectivity index (χ3v) is 2.44. The van der Waals surface area contributed by atoms with E-state index in [1.54, 1.807) is 0 Å². The lowest BCUT2D eigenvalue weighted by atomic mass is 9.90.